The lowest BCUT2D eigenvalue weighted by molar-refractivity contribution is 0.0953. The lowest BCUT2D eigenvalue weighted by atomic mass is 10.1. The Hall–Kier alpha value is -0.610. The van der Waals surface area contributed by atoms with Gasteiger partial charge < -0.3 is 5.32 Å². The summed E-state index contributed by atoms with van der Waals surface area (Å²) >= 11 is 3.98. The van der Waals surface area contributed by atoms with Crippen molar-refractivity contribution in [3.63, 3.8) is 0 Å². The molecule has 1 aromatic carbocycles. The fraction of sp³-hybridized carbons (Fsp3) is 0.533. The molecule has 4 heteroatoms. The van der Waals surface area contributed by atoms with E-state index < -0.39 is 0 Å². The Balaban J connectivity index is 1.85. The molecule has 2 rings (SSSR count). The van der Waals surface area contributed by atoms with E-state index in [4.69, 9.17) is 0 Å². The number of carbonyl (C=O) groups excluding carboxylic acids is 1. The van der Waals surface area contributed by atoms with E-state index in [1.807, 2.05) is 35.7 Å². The molecule has 1 N–H and O–H groups in total. The second-order valence-electron chi connectivity index (χ2n) is 4.66. The maximum Gasteiger partial charge on any atom is 0.251 e. The van der Waals surface area contributed by atoms with E-state index in [-0.39, 0.29) is 5.91 Å². The maximum atomic E-state index is 11.9. The van der Waals surface area contributed by atoms with Gasteiger partial charge in [0.15, 0.2) is 0 Å². The molecule has 1 amide bonds. The molecule has 0 atom stereocenters. The minimum atomic E-state index is 0.0504. The van der Waals surface area contributed by atoms with Crippen molar-refractivity contribution in [2.24, 2.45) is 0 Å². The first-order chi connectivity index (χ1) is 9.31. The Morgan fingerprint density at radius 2 is 1.89 bits per heavy atom. The number of thioether (sulfide) groups is 2. The summed E-state index contributed by atoms with van der Waals surface area (Å²) in [4.78, 5) is 11.9. The molecule has 19 heavy (non-hydrogen) atoms. The number of hydrogen-bond acceptors (Lipinski definition) is 3. The van der Waals surface area contributed by atoms with Gasteiger partial charge >= 0.3 is 0 Å². The number of amides is 1. The highest BCUT2D eigenvalue weighted by atomic mass is 32.2. The van der Waals surface area contributed by atoms with Crippen molar-refractivity contribution >= 4 is 29.4 Å². The van der Waals surface area contributed by atoms with E-state index in [1.54, 1.807) is 0 Å². The molecule has 0 unspecified atom stereocenters. The quantitative estimate of drug-likeness (QED) is 0.802. The van der Waals surface area contributed by atoms with Gasteiger partial charge in [-0.15, -0.1) is 23.5 Å². The van der Waals surface area contributed by atoms with Crippen LogP contribution in [-0.4, -0.2) is 24.0 Å². The van der Waals surface area contributed by atoms with Crippen LogP contribution in [0.5, 0.6) is 0 Å². The average molecular weight is 295 g/mol. The summed E-state index contributed by atoms with van der Waals surface area (Å²) in [5.74, 6) is 2.51. The largest absolute Gasteiger partial charge is 0.352 e. The molecule has 2 nitrogen and oxygen atoms in total. The third-order valence-electron chi connectivity index (χ3n) is 3.13. The number of hydrogen-bond donors (Lipinski definition) is 1. The van der Waals surface area contributed by atoms with Crippen LogP contribution in [0.15, 0.2) is 24.3 Å². The predicted molar refractivity (Wildman–Crippen MR) is 86.0 cm³/mol. The third kappa shape index (κ3) is 4.46. The van der Waals surface area contributed by atoms with Crippen molar-refractivity contribution in [2.45, 2.75) is 30.8 Å². The van der Waals surface area contributed by atoms with Crippen LogP contribution in [-0.2, 0) is 0 Å². The van der Waals surface area contributed by atoms with Crippen LogP contribution < -0.4 is 5.32 Å². The van der Waals surface area contributed by atoms with Crippen molar-refractivity contribution in [3.8, 4) is 0 Å². The Morgan fingerprint density at radius 1 is 1.21 bits per heavy atom. The smallest absolute Gasteiger partial charge is 0.251 e. The predicted octanol–water partition coefficient (Wildman–Crippen LogP) is 4.09. The normalized spacial score (nSPS) is 15.6. The van der Waals surface area contributed by atoms with Crippen LogP contribution in [0.25, 0.3) is 0 Å². The Bertz CT molecular complexity index is 399. The maximum absolute atomic E-state index is 11.9. The monoisotopic (exact) mass is 295 g/mol. The zero-order valence-corrected chi connectivity index (χ0v) is 13.0. The number of benzene rings is 1. The molecule has 0 bridgehead atoms. The van der Waals surface area contributed by atoms with Crippen LogP contribution in [0.2, 0.25) is 0 Å². The van der Waals surface area contributed by atoms with E-state index >= 15 is 0 Å². The van der Waals surface area contributed by atoms with E-state index in [0.29, 0.717) is 4.58 Å². The molecule has 0 aromatic heterocycles. The highest BCUT2D eigenvalue weighted by Gasteiger charge is 2.18. The van der Waals surface area contributed by atoms with Gasteiger partial charge in [0.25, 0.3) is 5.91 Å². The van der Waals surface area contributed by atoms with Crippen LogP contribution in [0.1, 0.15) is 46.7 Å². The van der Waals surface area contributed by atoms with Crippen LogP contribution in [0.3, 0.4) is 0 Å². The Kier molecular flexibility index (Phi) is 6.11. The van der Waals surface area contributed by atoms with Crippen molar-refractivity contribution in [1.29, 1.82) is 0 Å². The van der Waals surface area contributed by atoms with Crippen LogP contribution >= 0.6 is 23.5 Å². The van der Waals surface area contributed by atoms with Crippen LogP contribution in [0.4, 0.5) is 0 Å². The van der Waals surface area contributed by atoms with Gasteiger partial charge in [-0.3, -0.25) is 4.79 Å². The first-order valence-electron chi connectivity index (χ1n) is 6.92. The van der Waals surface area contributed by atoms with E-state index in [9.17, 15) is 4.79 Å². The Labute approximate surface area is 124 Å². The van der Waals surface area contributed by atoms with Gasteiger partial charge in [-0.2, -0.15) is 0 Å². The van der Waals surface area contributed by atoms with Gasteiger partial charge in [-0.25, -0.2) is 0 Å². The van der Waals surface area contributed by atoms with Gasteiger partial charge in [0, 0.05) is 23.6 Å². The second-order valence-corrected chi connectivity index (χ2v) is 7.38. The first kappa shape index (κ1) is 14.8. The minimum absolute atomic E-state index is 0.0504. The molecule has 104 valence electrons. The molecule has 1 aromatic rings. The molecule has 0 spiro atoms. The molecule has 0 radical (unpaired) electrons. The molecular formula is C15H21NOS2. The molecule has 0 aliphatic carbocycles. The SMILES string of the molecule is CCCCCNC(=O)c1ccc(C2SCCS2)cc1. The van der Waals surface area contributed by atoms with Crippen molar-refractivity contribution in [1.82, 2.24) is 5.32 Å². The summed E-state index contributed by atoms with van der Waals surface area (Å²) in [7, 11) is 0. The fourth-order valence-corrected chi connectivity index (χ4v) is 4.88. The summed E-state index contributed by atoms with van der Waals surface area (Å²) in [6.07, 6.45) is 3.42. The highest BCUT2D eigenvalue weighted by Crippen LogP contribution is 2.45. The van der Waals surface area contributed by atoms with Gasteiger partial charge in [-0.1, -0.05) is 31.9 Å². The minimum Gasteiger partial charge on any atom is -0.352 e. The summed E-state index contributed by atoms with van der Waals surface area (Å²) < 4.78 is 0.557. The molecule has 1 aliphatic rings. The zero-order chi connectivity index (χ0) is 13.5. The van der Waals surface area contributed by atoms with Crippen molar-refractivity contribution in [2.75, 3.05) is 18.1 Å². The second kappa shape index (κ2) is 7.85. The summed E-state index contributed by atoms with van der Waals surface area (Å²) in [5, 5.41) is 2.97. The molecule has 1 saturated heterocycles. The van der Waals surface area contributed by atoms with Crippen molar-refractivity contribution in [3.05, 3.63) is 35.4 Å². The number of carbonyl (C=O) groups is 1. The standard InChI is InChI=1S/C15H21NOS2/c1-2-3-4-9-16-14(17)12-5-7-13(8-6-12)15-18-10-11-19-15/h5-8,15H,2-4,9-11H2,1H3,(H,16,17). The van der Waals surface area contributed by atoms with E-state index in [2.05, 4.69) is 24.4 Å². The summed E-state index contributed by atoms with van der Waals surface area (Å²) in [6.45, 7) is 2.95. The first-order valence-corrected chi connectivity index (χ1v) is 9.02. The van der Waals surface area contributed by atoms with E-state index in [1.165, 1.54) is 29.9 Å². The summed E-state index contributed by atoms with van der Waals surface area (Å²) in [5.41, 5.74) is 2.10. The van der Waals surface area contributed by atoms with Gasteiger partial charge in [-0.05, 0) is 24.1 Å². The van der Waals surface area contributed by atoms with E-state index in [0.717, 1.165) is 18.5 Å². The third-order valence-corrected chi connectivity index (χ3v) is 6.24. The summed E-state index contributed by atoms with van der Waals surface area (Å²) in [6, 6.07) is 8.09. The van der Waals surface area contributed by atoms with Gasteiger partial charge in [0.2, 0.25) is 0 Å². The molecule has 1 fully saturated rings. The number of unbranched alkanes of at least 4 members (excludes halogenated alkanes) is 2. The lowest BCUT2D eigenvalue weighted by Crippen LogP contribution is -2.24. The number of nitrogens with one attached hydrogen (secondary N) is 1. The molecule has 1 heterocycles. The van der Waals surface area contributed by atoms with Crippen molar-refractivity contribution < 1.29 is 4.79 Å². The topological polar surface area (TPSA) is 29.1 Å². The Morgan fingerprint density at radius 3 is 2.53 bits per heavy atom. The number of rotatable bonds is 6. The zero-order valence-electron chi connectivity index (χ0n) is 11.4. The molecule has 0 saturated carbocycles. The van der Waals surface area contributed by atoms with Gasteiger partial charge in [0.1, 0.15) is 0 Å². The van der Waals surface area contributed by atoms with Gasteiger partial charge in [0.05, 0.1) is 4.58 Å². The average Bonchev–Trinajstić information content (AvgIpc) is 2.98. The molecular weight excluding hydrogens is 274 g/mol. The fourth-order valence-electron chi connectivity index (χ4n) is 2.02. The van der Waals surface area contributed by atoms with Crippen LogP contribution in [0, 0.1) is 0 Å². The lowest BCUT2D eigenvalue weighted by Gasteiger charge is -2.09. The molecule has 1 aliphatic heterocycles. The highest BCUT2D eigenvalue weighted by molar-refractivity contribution is 8.19.